The predicted octanol–water partition coefficient (Wildman–Crippen LogP) is 2.73. The first-order valence-electron chi connectivity index (χ1n) is 6.07. The summed E-state index contributed by atoms with van der Waals surface area (Å²) in [4.78, 5) is 11.8. The number of halogens is 1. The number of carbonyl (C=O) groups excluding carboxylic acids is 1. The number of anilines is 1. The van der Waals surface area contributed by atoms with Gasteiger partial charge in [-0.05, 0) is 26.5 Å². The Morgan fingerprint density at radius 1 is 1.50 bits per heavy atom. The van der Waals surface area contributed by atoms with Gasteiger partial charge in [0, 0.05) is 17.3 Å². The van der Waals surface area contributed by atoms with E-state index in [0.29, 0.717) is 10.8 Å². The summed E-state index contributed by atoms with van der Waals surface area (Å²) in [6.45, 7) is 6.55. The third-order valence-electron chi connectivity index (χ3n) is 2.71. The van der Waals surface area contributed by atoms with E-state index in [0.717, 1.165) is 17.8 Å². The SMILES string of the molecule is CCNC1C(=O)Nc2cc(OC(C)C)c(Cl)cc21. The molecule has 18 heavy (non-hydrogen) atoms. The van der Waals surface area contributed by atoms with Crippen LogP contribution in [0, 0.1) is 0 Å². The summed E-state index contributed by atoms with van der Waals surface area (Å²) in [6, 6.07) is 3.25. The van der Waals surface area contributed by atoms with Crippen molar-refractivity contribution in [1.29, 1.82) is 0 Å². The Kier molecular flexibility index (Phi) is 3.78. The number of hydrogen-bond acceptors (Lipinski definition) is 3. The lowest BCUT2D eigenvalue weighted by molar-refractivity contribution is -0.117. The summed E-state index contributed by atoms with van der Waals surface area (Å²) in [5.41, 5.74) is 1.65. The normalized spacial score (nSPS) is 17.8. The molecule has 0 bridgehead atoms. The van der Waals surface area contributed by atoms with Crippen molar-refractivity contribution in [1.82, 2.24) is 5.32 Å². The highest BCUT2D eigenvalue weighted by atomic mass is 35.5. The first kappa shape index (κ1) is 13.2. The van der Waals surface area contributed by atoms with Gasteiger partial charge in [-0.15, -0.1) is 0 Å². The molecule has 1 amide bonds. The van der Waals surface area contributed by atoms with Crippen LogP contribution >= 0.6 is 11.6 Å². The number of rotatable bonds is 4. The number of ether oxygens (including phenoxy) is 1. The molecule has 0 fully saturated rings. The van der Waals surface area contributed by atoms with Gasteiger partial charge in [0.15, 0.2) is 0 Å². The second-order valence-electron chi connectivity index (χ2n) is 4.52. The average Bonchev–Trinajstić information content (AvgIpc) is 2.56. The first-order valence-corrected chi connectivity index (χ1v) is 6.45. The van der Waals surface area contributed by atoms with Crippen molar-refractivity contribution in [3.05, 3.63) is 22.7 Å². The van der Waals surface area contributed by atoms with Gasteiger partial charge in [-0.1, -0.05) is 18.5 Å². The second kappa shape index (κ2) is 5.16. The van der Waals surface area contributed by atoms with Crippen molar-refractivity contribution in [2.75, 3.05) is 11.9 Å². The molecule has 0 radical (unpaired) electrons. The van der Waals surface area contributed by atoms with Crippen molar-refractivity contribution >= 4 is 23.2 Å². The fourth-order valence-electron chi connectivity index (χ4n) is 2.01. The molecule has 1 heterocycles. The Morgan fingerprint density at radius 3 is 2.83 bits per heavy atom. The summed E-state index contributed by atoms with van der Waals surface area (Å²) in [5.74, 6) is 0.549. The molecule has 0 spiro atoms. The maximum Gasteiger partial charge on any atom is 0.246 e. The number of fused-ring (bicyclic) bond motifs is 1. The summed E-state index contributed by atoms with van der Waals surface area (Å²) in [6.07, 6.45) is 0.0437. The van der Waals surface area contributed by atoms with E-state index in [1.807, 2.05) is 20.8 Å². The van der Waals surface area contributed by atoms with E-state index >= 15 is 0 Å². The van der Waals surface area contributed by atoms with E-state index in [2.05, 4.69) is 10.6 Å². The van der Waals surface area contributed by atoms with Crippen LogP contribution in [0.5, 0.6) is 5.75 Å². The quantitative estimate of drug-likeness (QED) is 0.883. The monoisotopic (exact) mass is 268 g/mol. The van der Waals surface area contributed by atoms with Crippen LogP contribution in [-0.4, -0.2) is 18.6 Å². The van der Waals surface area contributed by atoms with E-state index in [9.17, 15) is 4.79 Å². The van der Waals surface area contributed by atoms with Crippen molar-refractivity contribution in [3.63, 3.8) is 0 Å². The van der Waals surface area contributed by atoms with Gasteiger partial charge in [0.1, 0.15) is 11.8 Å². The van der Waals surface area contributed by atoms with Crippen LogP contribution in [0.4, 0.5) is 5.69 Å². The van der Waals surface area contributed by atoms with Crippen LogP contribution in [0.1, 0.15) is 32.4 Å². The molecule has 1 aliphatic heterocycles. The molecule has 1 aliphatic rings. The molecular weight excluding hydrogens is 252 g/mol. The van der Waals surface area contributed by atoms with Gasteiger partial charge in [0.2, 0.25) is 5.91 Å². The molecule has 0 aromatic heterocycles. The average molecular weight is 269 g/mol. The van der Waals surface area contributed by atoms with Crippen LogP contribution in [-0.2, 0) is 4.79 Å². The zero-order valence-corrected chi connectivity index (χ0v) is 11.5. The number of carbonyl (C=O) groups is 1. The molecule has 0 aliphatic carbocycles. The largest absolute Gasteiger partial charge is 0.489 e. The van der Waals surface area contributed by atoms with E-state index in [4.69, 9.17) is 16.3 Å². The van der Waals surface area contributed by atoms with Gasteiger partial charge in [-0.3, -0.25) is 4.79 Å². The highest BCUT2D eigenvalue weighted by Gasteiger charge is 2.31. The van der Waals surface area contributed by atoms with E-state index < -0.39 is 0 Å². The predicted molar refractivity (Wildman–Crippen MR) is 72.3 cm³/mol. The highest BCUT2D eigenvalue weighted by Crippen LogP contribution is 2.38. The molecule has 1 aromatic rings. The lowest BCUT2D eigenvalue weighted by Gasteiger charge is -2.14. The zero-order valence-electron chi connectivity index (χ0n) is 10.7. The number of benzene rings is 1. The maximum absolute atomic E-state index is 11.8. The first-order chi connectivity index (χ1) is 8.52. The Balaban J connectivity index is 2.35. The third kappa shape index (κ3) is 2.44. The zero-order chi connectivity index (χ0) is 13.3. The molecule has 5 heteroatoms. The van der Waals surface area contributed by atoms with Gasteiger partial charge >= 0.3 is 0 Å². The fourth-order valence-corrected chi connectivity index (χ4v) is 2.23. The number of likely N-dealkylation sites (N-methyl/N-ethyl adjacent to an activating group) is 1. The topological polar surface area (TPSA) is 50.4 Å². The van der Waals surface area contributed by atoms with Crippen LogP contribution in [0.3, 0.4) is 0 Å². The van der Waals surface area contributed by atoms with E-state index in [1.165, 1.54) is 0 Å². The summed E-state index contributed by atoms with van der Waals surface area (Å²) in [7, 11) is 0. The molecule has 2 N–H and O–H groups in total. The molecule has 98 valence electrons. The lowest BCUT2D eigenvalue weighted by atomic mass is 10.1. The van der Waals surface area contributed by atoms with Gasteiger partial charge < -0.3 is 15.4 Å². The summed E-state index contributed by atoms with van der Waals surface area (Å²) < 4.78 is 5.60. The fraction of sp³-hybridized carbons (Fsp3) is 0.462. The van der Waals surface area contributed by atoms with Crippen molar-refractivity contribution in [2.45, 2.75) is 32.9 Å². The van der Waals surface area contributed by atoms with Crippen LogP contribution in [0.15, 0.2) is 12.1 Å². The van der Waals surface area contributed by atoms with Crippen LogP contribution in [0.2, 0.25) is 5.02 Å². The van der Waals surface area contributed by atoms with Crippen LogP contribution < -0.4 is 15.4 Å². The Bertz CT molecular complexity index is 474. The number of nitrogens with one attached hydrogen (secondary N) is 2. The van der Waals surface area contributed by atoms with Gasteiger partial charge in [-0.2, -0.15) is 0 Å². The molecule has 1 unspecified atom stereocenters. The summed E-state index contributed by atoms with van der Waals surface area (Å²) in [5, 5.41) is 6.49. The minimum atomic E-state index is -0.324. The third-order valence-corrected chi connectivity index (χ3v) is 3.00. The van der Waals surface area contributed by atoms with Gasteiger partial charge in [0.05, 0.1) is 11.1 Å². The molecule has 1 atom stereocenters. The van der Waals surface area contributed by atoms with E-state index in [-0.39, 0.29) is 18.1 Å². The van der Waals surface area contributed by atoms with Crippen molar-refractivity contribution in [2.24, 2.45) is 0 Å². The standard InChI is InChI=1S/C13H17ClN2O2/c1-4-15-12-8-5-9(14)11(18-7(2)3)6-10(8)16-13(12)17/h5-7,12,15H,4H2,1-3H3,(H,16,17). The molecular formula is C13H17ClN2O2. The maximum atomic E-state index is 11.8. The molecule has 2 rings (SSSR count). The molecule has 0 saturated heterocycles. The number of amides is 1. The smallest absolute Gasteiger partial charge is 0.246 e. The molecule has 1 aromatic carbocycles. The van der Waals surface area contributed by atoms with Crippen molar-refractivity contribution in [3.8, 4) is 5.75 Å². The minimum Gasteiger partial charge on any atom is -0.489 e. The second-order valence-corrected chi connectivity index (χ2v) is 4.92. The lowest BCUT2D eigenvalue weighted by Crippen LogP contribution is -2.27. The van der Waals surface area contributed by atoms with Crippen molar-refractivity contribution < 1.29 is 9.53 Å². The Morgan fingerprint density at radius 2 is 2.22 bits per heavy atom. The molecule has 0 saturated carbocycles. The molecule has 4 nitrogen and oxygen atoms in total. The van der Waals surface area contributed by atoms with Gasteiger partial charge in [0.25, 0.3) is 0 Å². The highest BCUT2D eigenvalue weighted by molar-refractivity contribution is 6.32. The van der Waals surface area contributed by atoms with Crippen LogP contribution in [0.25, 0.3) is 0 Å². The number of hydrogen-bond donors (Lipinski definition) is 2. The Hall–Kier alpha value is -1.26. The van der Waals surface area contributed by atoms with E-state index in [1.54, 1.807) is 12.1 Å². The Labute approximate surface area is 112 Å². The summed E-state index contributed by atoms with van der Waals surface area (Å²) >= 11 is 6.17. The minimum absolute atomic E-state index is 0.0437. The van der Waals surface area contributed by atoms with Gasteiger partial charge in [-0.25, -0.2) is 0 Å².